The van der Waals surface area contributed by atoms with E-state index in [9.17, 15) is 113 Å². The molecule has 0 aliphatic heterocycles. The third-order valence-corrected chi connectivity index (χ3v) is 15.6. The summed E-state index contributed by atoms with van der Waals surface area (Å²) >= 11 is 7.85. The normalized spacial score (nSPS) is 10.2. The summed E-state index contributed by atoms with van der Waals surface area (Å²) in [5.74, 6) is -30.6. The molecule has 0 unspecified atom stereocenters. The van der Waals surface area contributed by atoms with Crippen molar-refractivity contribution >= 4 is 156 Å². The number of benzene rings is 9. The first-order valence-electron chi connectivity index (χ1n) is 27.1. The maximum absolute atomic E-state index is 14.2. The van der Waals surface area contributed by atoms with Crippen LogP contribution < -0.4 is 11.5 Å². The van der Waals surface area contributed by atoms with Crippen molar-refractivity contribution in [2.45, 2.75) is 19.8 Å². The molecule has 0 spiro atoms. The molecule has 9 N–H and O–H groups in total. The van der Waals surface area contributed by atoms with E-state index in [4.69, 9.17) is 31.9 Å². The first-order chi connectivity index (χ1) is 48.0. The van der Waals surface area contributed by atoms with Crippen LogP contribution >= 0.6 is 90.4 Å². The summed E-state index contributed by atoms with van der Waals surface area (Å²) in [6, 6.07) is 21.4. The van der Waals surface area contributed by atoms with Gasteiger partial charge in [0.05, 0.1) is 50.3 Å². The number of hydrogen-bond donors (Lipinski definition) is 7. The molecule has 9 aromatic carbocycles. The molecule has 0 amide bonds. The molecule has 0 heterocycles. The molecule has 9 aromatic rings. The second-order valence-corrected chi connectivity index (χ2v) is 24.6. The minimum atomic E-state index is -1.97. The summed E-state index contributed by atoms with van der Waals surface area (Å²) in [6.07, 6.45) is 1.08. The molecule has 0 saturated carbocycles. The van der Waals surface area contributed by atoms with Gasteiger partial charge in [-0.15, -0.1) is 0 Å². The van der Waals surface area contributed by atoms with Gasteiger partial charge in [-0.25, -0.2) is 98.6 Å². The van der Waals surface area contributed by atoms with Gasteiger partial charge in [-0.2, -0.15) is 0 Å². The van der Waals surface area contributed by atoms with E-state index in [0.29, 0.717) is 19.3 Å². The zero-order chi connectivity index (χ0) is 78.5. The Morgan fingerprint density at radius 3 is 0.883 bits per heavy atom. The van der Waals surface area contributed by atoms with E-state index in [1.807, 2.05) is 90.4 Å². The fraction of sp³-hybridized carbons (Fsp3) is 0.0441. The van der Waals surface area contributed by atoms with E-state index < -0.39 is 174 Å². The number of rotatable bonds is 13. The lowest BCUT2D eigenvalue weighted by atomic mass is 9.96. The van der Waals surface area contributed by atoms with Gasteiger partial charge in [0, 0.05) is 49.4 Å². The van der Waals surface area contributed by atoms with Crippen LogP contribution in [0.2, 0.25) is 0 Å². The summed E-state index contributed by atoms with van der Waals surface area (Å²) in [5, 5.41) is 43.4. The van der Waals surface area contributed by atoms with E-state index >= 15 is 0 Å². The maximum atomic E-state index is 14.2. The third-order valence-electron chi connectivity index (χ3n) is 12.9. The van der Waals surface area contributed by atoms with Gasteiger partial charge in [0.2, 0.25) is 0 Å². The van der Waals surface area contributed by atoms with Crippen molar-refractivity contribution in [2.24, 2.45) is 0 Å². The standard InChI is InChI=1S/C16H10F3IO2.C15H8F3IO3.C9H5F3O2.C8H3F3O3.C8H5F3O2.2C6H5FIN/c1-2-8-5-12(16(21)22)11(15(19)14(8)18)6-9-3-4-10(20)7-13(9)17;16-12-5-9(19)2-1-7(12)3-10-11(15(21)22)4-8(6-20)13(17)14(10)18;1-2-4-3-5(9(13)14)7(11)8(12)6(4)10;9-5-3(2-12)1-4(8(13)14)6(10)7(5)11;1-3-2-4(8(12)13)6(10)7(11)5(3)9;2*7-5-3-4(8)1-2-6(5)9/h2-5,7H,1,6H2,(H,21,22);1-2,4-6H,3H2,(H,21,22);2-3H,1H2,(H,13,14);1-2H,(H,13,14);2H,1H3,(H,12,13);2*1-3H,9H2. The van der Waals surface area contributed by atoms with Crippen LogP contribution in [0.3, 0.4) is 0 Å². The first-order valence-corrected chi connectivity index (χ1v) is 31.4. The number of carbonyl (C=O) groups excluding carboxylic acids is 2. The van der Waals surface area contributed by atoms with Gasteiger partial charge in [0.25, 0.3) is 0 Å². The van der Waals surface area contributed by atoms with Crippen LogP contribution in [0.5, 0.6) is 0 Å². The number of nitrogens with two attached hydrogens (primary N) is 2. The Hall–Kier alpha value is -9.52. The lowest BCUT2D eigenvalue weighted by molar-refractivity contribution is 0.0679. The lowest BCUT2D eigenvalue weighted by Gasteiger charge is -2.11. The van der Waals surface area contributed by atoms with Crippen molar-refractivity contribution in [2.75, 3.05) is 11.5 Å². The summed E-state index contributed by atoms with van der Waals surface area (Å²) in [5.41, 5.74) is 3.81. The Labute approximate surface area is 623 Å². The number of aldehydes is 2. The molecule has 35 heteroatoms. The van der Waals surface area contributed by atoms with Crippen LogP contribution in [0, 0.1) is 120 Å². The van der Waals surface area contributed by atoms with Crippen molar-refractivity contribution < 1.29 is 134 Å². The number of aryl methyl sites for hydroxylation is 1. The Morgan fingerprint density at radius 1 is 0.340 bits per heavy atom. The average Bonchev–Trinajstić information content (AvgIpc) is 0.806. The van der Waals surface area contributed by atoms with Crippen LogP contribution in [0.25, 0.3) is 12.2 Å². The number of carboxylic acids is 5. The summed E-state index contributed by atoms with van der Waals surface area (Å²) in [4.78, 5) is 74.3. The monoisotopic (exact) mass is 1910 g/mol. The van der Waals surface area contributed by atoms with Gasteiger partial charge in [-0.05, 0) is 205 Å². The highest BCUT2D eigenvalue weighted by Crippen LogP contribution is 2.29. The Bertz CT molecular complexity index is 4560. The second-order valence-electron chi connectivity index (χ2n) is 19.7. The van der Waals surface area contributed by atoms with Gasteiger partial charge >= 0.3 is 29.8 Å². The highest BCUT2D eigenvalue weighted by Gasteiger charge is 2.27. The zero-order valence-corrected chi connectivity index (χ0v) is 59.8. The van der Waals surface area contributed by atoms with Gasteiger partial charge < -0.3 is 37.0 Å². The largest absolute Gasteiger partial charge is 0.478 e. The van der Waals surface area contributed by atoms with Gasteiger partial charge in [0.15, 0.2) is 88.2 Å². The summed E-state index contributed by atoms with van der Waals surface area (Å²) in [7, 11) is 0. The molecule has 0 aliphatic rings. The van der Waals surface area contributed by atoms with Crippen molar-refractivity contribution in [3.8, 4) is 0 Å². The molecule has 0 aliphatic carbocycles. The highest BCUT2D eigenvalue weighted by molar-refractivity contribution is 14.1. The van der Waals surface area contributed by atoms with E-state index in [1.54, 1.807) is 36.4 Å². The third kappa shape index (κ3) is 23.8. The smallest absolute Gasteiger partial charge is 0.338 e. The van der Waals surface area contributed by atoms with E-state index in [0.717, 1.165) is 44.4 Å². The lowest BCUT2D eigenvalue weighted by Crippen LogP contribution is -2.11. The Morgan fingerprint density at radius 2 is 0.592 bits per heavy atom. The van der Waals surface area contributed by atoms with Crippen molar-refractivity contribution in [1.29, 1.82) is 0 Å². The predicted molar refractivity (Wildman–Crippen MR) is 373 cm³/mol. The first kappa shape index (κ1) is 87.7. The molecular weight excluding hydrogens is 1870 g/mol. The van der Waals surface area contributed by atoms with Gasteiger partial charge in [-0.3, -0.25) is 9.59 Å². The Kier molecular flexibility index (Phi) is 33.9. The second kappa shape index (κ2) is 39.8. The van der Waals surface area contributed by atoms with Crippen LogP contribution in [-0.4, -0.2) is 68.0 Å². The molecule has 0 fully saturated rings. The average molecular weight is 1910 g/mol. The van der Waals surface area contributed by atoms with Gasteiger partial charge in [0.1, 0.15) is 23.3 Å². The molecule has 0 bridgehead atoms. The van der Waals surface area contributed by atoms with E-state index in [2.05, 4.69) is 13.2 Å². The van der Waals surface area contributed by atoms with Crippen molar-refractivity contribution in [1.82, 2.24) is 0 Å². The molecule has 0 saturated heterocycles. The van der Waals surface area contributed by atoms with Crippen LogP contribution in [-0.2, 0) is 12.8 Å². The fourth-order valence-electron chi connectivity index (χ4n) is 7.72. The minimum absolute atomic E-state index is 0.0278. The molecule has 0 radical (unpaired) electrons. The topological polar surface area (TPSA) is 273 Å². The number of carbonyl (C=O) groups is 7. The molecule has 14 nitrogen and oxygen atoms in total. The molecule has 542 valence electrons. The molecule has 103 heavy (non-hydrogen) atoms. The van der Waals surface area contributed by atoms with Crippen LogP contribution in [0.4, 0.5) is 86.0 Å². The number of hydrogen-bond acceptors (Lipinski definition) is 9. The number of anilines is 2. The highest BCUT2D eigenvalue weighted by atomic mass is 127. The number of aromatic carboxylic acids is 5. The van der Waals surface area contributed by atoms with E-state index in [1.165, 1.54) is 36.4 Å². The van der Waals surface area contributed by atoms with Crippen LogP contribution in [0.1, 0.15) is 111 Å². The zero-order valence-electron chi connectivity index (χ0n) is 51.1. The fourth-order valence-corrected chi connectivity index (χ4v) is 9.53. The number of nitrogen functional groups attached to an aromatic ring is 2. The number of halogens is 21. The van der Waals surface area contributed by atoms with Crippen LogP contribution in [0.15, 0.2) is 116 Å². The SMILES string of the molecule is C=Cc1cc(C(=O)O)c(Cc2ccc(I)cc2F)c(F)c1F.C=Cc1cc(C(=O)O)c(F)c(F)c1F.Cc1cc(C(=O)O)c(F)c(F)c1F.Nc1ccc(I)cc1F.Nc1ccc(I)cc1F.O=Cc1cc(C(=O)O)c(Cc2ccc(I)cc2F)c(F)c1F.O=Cc1cc(C(=O)O)c(F)c(F)c1F. The molecule has 9 rings (SSSR count). The molecular formula is C68H41F17I4N2O12. The van der Waals surface area contributed by atoms with Crippen molar-refractivity contribution in [3.05, 3.63) is 307 Å². The summed E-state index contributed by atoms with van der Waals surface area (Å²) < 4.78 is 226. The predicted octanol–water partition coefficient (Wildman–Crippen LogP) is 18.6. The minimum Gasteiger partial charge on any atom is -0.478 e. The number of carboxylic acid groups (broad SMARTS) is 5. The quantitative estimate of drug-likeness (QED) is 0.0186. The van der Waals surface area contributed by atoms with Gasteiger partial charge in [-0.1, -0.05) is 37.4 Å². The Balaban J connectivity index is 0.000000320. The molecule has 0 atom stereocenters. The summed E-state index contributed by atoms with van der Waals surface area (Å²) in [6.45, 7) is 7.61. The van der Waals surface area contributed by atoms with Crippen molar-refractivity contribution in [3.63, 3.8) is 0 Å². The van der Waals surface area contributed by atoms with E-state index in [-0.39, 0.29) is 69.8 Å². The maximum Gasteiger partial charge on any atom is 0.338 e. The molecule has 0 aromatic heterocycles.